The number of aryl methyl sites for hydroxylation is 1. The number of carbonyl (C=O) groups excluding carboxylic acids is 2. The average Bonchev–Trinajstić information content (AvgIpc) is 3.37. The van der Waals surface area contributed by atoms with Gasteiger partial charge in [-0.25, -0.2) is 4.79 Å². The third-order valence-corrected chi connectivity index (χ3v) is 7.97. The number of nitrogens with zero attached hydrogens (tertiary/aromatic N) is 2. The van der Waals surface area contributed by atoms with Crippen LogP contribution in [0.4, 0.5) is 10.5 Å². The second kappa shape index (κ2) is 13.7. The van der Waals surface area contributed by atoms with E-state index in [4.69, 9.17) is 0 Å². The van der Waals surface area contributed by atoms with Crippen molar-refractivity contribution in [2.24, 2.45) is 0 Å². The van der Waals surface area contributed by atoms with Crippen LogP contribution in [0.1, 0.15) is 81.2 Å². The maximum atomic E-state index is 14.0. The second-order valence-corrected chi connectivity index (χ2v) is 12.2. The molecule has 1 heterocycles. The summed E-state index contributed by atoms with van der Waals surface area (Å²) in [7, 11) is 0. The van der Waals surface area contributed by atoms with Crippen LogP contribution in [0.5, 0.6) is 0 Å². The normalized spacial score (nSPS) is 11.5. The number of nitrogens with one attached hydrogen (secondary N) is 2. The summed E-state index contributed by atoms with van der Waals surface area (Å²) in [4.78, 5) is 34.6. The lowest BCUT2D eigenvalue weighted by Crippen LogP contribution is -2.47. The van der Waals surface area contributed by atoms with E-state index in [1.807, 2.05) is 37.1 Å². The molecule has 0 atom stereocenters. The largest absolute Gasteiger partial charge is 0.361 e. The summed E-state index contributed by atoms with van der Waals surface area (Å²) < 4.78 is 0. The van der Waals surface area contributed by atoms with Crippen molar-refractivity contribution in [2.75, 3.05) is 18.4 Å². The monoisotopic (exact) mass is 566 g/mol. The quantitative estimate of drug-likeness (QED) is 0.192. The van der Waals surface area contributed by atoms with Crippen molar-refractivity contribution in [1.82, 2.24) is 14.8 Å². The Labute approximate surface area is 251 Å². The third kappa shape index (κ3) is 7.41. The molecule has 0 radical (unpaired) electrons. The topological polar surface area (TPSA) is 68.4 Å². The van der Waals surface area contributed by atoms with Gasteiger partial charge in [0.2, 0.25) is 5.91 Å². The van der Waals surface area contributed by atoms with Crippen LogP contribution in [0, 0.1) is 6.92 Å². The number of amides is 3. The van der Waals surface area contributed by atoms with E-state index in [1.54, 1.807) is 4.90 Å². The summed E-state index contributed by atoms with van der Waals surface area (Å²) in [5.41, 5.74) is 7.59. The van der Waals surface area contributed by atoms with E-state index in [9.17, 15) is 9.59 Å². The summed E-state index contributed by atoms with van der Waals surface area (Å²) in [5, 5.41) is 4.38. The van der Waals surface area contributed by atoms with Crippen LogP contribution in [-0.4, -0.2) is 45.9 Å². The smallest absolute Gasteiger partial charge is 0.322 e. The van der Waals surface area contributed by atoms with Gasteiger partial charge in [0.25, 0.3) is 0 Å². The number of urea groups is 1. The summed E-state index contributed by atoms with van der Waals surface area (Å²) in [5.74, 6) is 0.436. The minimum Gasteiger partial charge on any atom is -0.361 e. The summed E-state index contributed by atoms with van der Waals surface area (Å²) >= 11 is 0. The molecule has 6 nitrogen and oxygen atoms in total. The fourth-order valence-electron chi connectivity index (χ4n) is 5.41. The second-order valence-electron chi connectivity index (χ2n) is 12.2. The molecular weight excluding hydrogens is 520 g/mol. The Balaban J connectivity index is 1.56. The molecule has 0 aliphatic heterocycles. The van der Waals surface area contributed by atoms with Gasteiger partial charge < -0.3 is 20.1 Å². The number of benzene rings is 3. The van der Waals surface area contributed by atoms with Gasteiger partial charge in [-0.1, -0.05) is 93.9 Å². The first kappa shape index (κ1) is 30.9. The van der Waals surface area contributed by atoms with Gasteiger partial charge in [-0.3, -0.25) is 4.79 Å². The van der Waals surface area contributed by atoms with Crippen LogP contribution in [0.3, 0.4) is 0 Å². The standard InChI is InChI=1S/C36H46N4O2/c1-24(2)30-12-10-13-31(25(3)4)35(30)38-36(42)40(26(5)6)23-34(41)39(22-28-17-15-27(7)16-18-28)20-19-29-21-37-33-14-9-8-11-32(29)33/h8-18,21,24-26,37H,19-20,22-23H2,1-7H3,(H,38,42). The SMILES string of the molecule is Cc1ccc(CN(CCc2c[nH]c3ccccc23)C(=O)CN(C(=O)Nc2c(C(C)C)cccc2C(C)C)C(C)C)cc1. The Morgan fingerprint density at radius 2 is 1.48 bits per heavy atom. The number of hydrogen-bond donors (Lipinski definition) is 2. The van der Waals surface area contributed by atoms with Gasteiger partial charge in [-0.05, 0) is 67.3 Å². The predicted octanol–water partition coefficient (Wildman–Crippen LogP) is 8.24. The van der Waals surface area contributed by atoms with E-state index in [2.05, 4.69) is 99.5 Å². The minimum absolute atomic E-state index is 0.00407. The number of aromatic amines is 1. The van der Waals surface area contributed by atoms with Crippen molar-refractivity contribution >= 4 is 28.5 Å². The maximum Gasteiger partial charge on any atom is 0.322 e. The van der Waals surface area contributed by atoms with E-state index >= 15 is 0 Å². The Hall–Kier alpha value is -4.06. The van der Waals surface area contributed by atoms with Gasteiger partial charge in [0.1, 0.15) is 6.54 Å². The summed E-state index contributed by atoms with van der Waals surface area (Å²) in [6, 6.07) is 22.3. The molecular formula is C36H46N4O2. The van der Waals surface area contributed by atoms with Crippen molar-refractivity contribution < 1.29 is 9.59 Å². The van der Waals surface area contributed by atoms with Crippen LogP contribution in [0.2, 0.25) is 0 Å². The van der Waals surface area contributed by atoms with Crippen LogP contribution >= 0.6 is 0 Å². The van der Waals surface area contributed by atoms with E-state index in [-0.39, 0.29) is 36.4 Å². The number of hydrogen-bond acceptors (Lipinski definition) is 2. The molecule has 4 aromatic rings. The Kier molecular flexibility index (Phi) is 10.1. The minimum atomic E-state index is -0.250. The fourth-order valence-corrected chi connectivity index (χ4v) is 5.41. The van der Waals surface area contributed by atoms with Crippen LogP contribution < -0.4 is 5.32 Å². The van der Waals surface area contributed by atoms with Gasteiger partial charge in [-0.15, -0.1) is 0 Å². The molecule has 0 unspecified atom stereocenters. The highest BCUT2D eigenvalue weighted by atomic mass is 16.2. The van der Waals surface area contributed by atoms with Gasteiger partial charge in [-0.2, -0.15) is 0 Å². The lowest BCUT2D eigenvalue weighted by molar-refractivity contribution is -0.132. The zero-order valence-electron chi connectivity index (χ0n) is 26.2. The Morgan fingerprint density at radius 3 is 2.10 bits per heavy atom. The molecule has 1 aromatic heterocycles. The molecule has 0 saturated heterocycles. The molecule has 4 rings (SSSR count). The first-order valence-electron chi connectivity index (χ1n) is 15.1. The molecule has 0 bridgehead atoms. The number of aromatic nitrogens is 1. The highest BCUT2D eigenvalue weighted by Gasteiger charge is 2.26. The van der Waals surface area contributed by atoms with E-state index in [0.717, 1.165) is 34.3 Å². The molecule has 42 heavy (non-hydrogen) atoms. The first-order chi connectivity index (χ1) is 20.0. The highest BCUT2D eigenvalue weighted by molar-refractivity contribution is 5.94. The highest BCUT2D eigenvalue weighted by Crippen LogP contribution is 2.32. The van der Waals surface area contributed by atoms with E-state index < -0.39 is 0 Å². The first-order valence-corrected chi connectivity index (χ1v) is 15.1. The fraction of sp³-hybridized carbons (Fsp3) is 0.389. The zero-order valence-corrected chi connectivity index (χ0v) is 26.2. The molecule has 0 saturated carbocycles. The van der Waals surface area contributed by atoms with Crippen molar-refractivity contribution in [3.05, 3.63) is 101 Å². The molecule has 222 valence electrons. The number of anilines is 1. The predicted molar refractivity (Wildman–Crippen MR) is 174 cm³/mol. The summed E-state index contributed by atoms with van der Waals surface area (Å²) in [6.45, 7) is 15.6. The van der Waals surface area contributed by atoms with Crippen LogP contribution in [0.15, 0.2) is 72.9 Å². The zero-order chi connectivity index (χ0) is 30.4. The van der Waals surface area contributed by atoms with Gasteiger partial charge in [0.15, 0.2) is 0 Å². The lowest BCUT2D eigenvalue weighted by atomic mass is 9.93. The van der Waals surface area contributed by atoms with E-state index in [0.29, 0.717) is 13.1 Å². The number of fused-ring (bicyclic) bond motifs is 1. The molecule has 0 aliphatic rings. The van der Waals surface area contributed by atoms with Crippen LogP contribution in [0.25, 0.3) is 10.9 Å². The van der Waals surface area contributed by atoms with Crippen molar-refractivity contribution in [1.29, 1.82) is 0 Å². The third-order valence-electron chi connectivity index (χ3n) is 7.97. The van der Waals surface area contributed by atoms with Crippen molar-refractivity contribution in [2.45, 2.75) is 79.3 Å². The molecule has 3 amide bonds. The summed E-state index contributed by atoms with van der Waals surface area (Å²) in [6.07, 6.45) is 2.75. The lowest BCUT2D eigenvalue weighted by Gasteiger charge is -2.31. The van der Waals surface area contributed by atoms with Gasteiger partial charge >= 0.3 is 6.03 Å². The Morgan fingerprint density at radius 1 is 0.833 bits per heavy atom. The number of para-hydroxylation sites is 2. The molecule has 0 fully saturated rings. The van der Waals surface area contributed by atoms with Crippen molar-refractivity contribution in [3.8, 4) is 0 Å². The Bertz CT molecular complexity index is 1470. The number of rotatable bonds is 11. The van der Waals surface area contributed by atoms with E-state index in [1.165, 1.54) is 16.5 Å². The molecule has 6 heteroatoms. The molecule has 2 N–H and O–H groups in total. The molecule has 0 spiro atoms. The average molecular weight is 567 g/mol. The van der Waals surface area contributed by atoms with Gasteiger partial charge in [0.05, 0.1) is 0 Å². The maximum absolute atomic E-state index is 14.0. The molecule has 3 aromatic carbocycles. The number of carbonyl (C=O) groups is 2. The number of H-pyrrole nitrogens is 1. The van der Waals surface area contributed by atoms with Crippen molar-refractivity contribution in [3.63, 3.8) is 0 Å². The van der Waals surface area contributed by atoms with Crippen LogP contribution in [-0.2, 0) is 17.8 Å². The molecule has 0 aliphatic carbocycles. The van der Waals surface area contributed by atoms with Gasteiger partial charge in [0, 0.05) is 41.9 Å².